The topological polar surface area (TPSA) is 0 Å². The summed E-state index contributed by atoms with van der Waals surface area (Å²) < 4.78 is 0. The van der Waals surface area contributed by atoms with Gasteiger partial charge in [-0.2, -0.15) is 0 Å². The summed E-state index contributed by atoms with van der Waals surface area (Å²) in [4.78, 5) is 0. The van der Waals surface area contributed by atoms with Gasteiger partial charge in [-0.05, 0) is 31.1 Å². The lowest BCUT2D eigenvalue weighted by molar-refractivity contribution is 0.201. The molecule has 0 aliphatic carbocycles. The Hall–Kier alpha value is 0. The van der Waals surface area contributed by atoms with Gasteiger partial charge in [0.2, 0.25) is 0 Å². The van der Waals surface area contributed by atoms with E-state index in [-0.39, 0.29) is 0 Å². The van der Waals surface area contributed by atoms with Crippen LogP contribution in [0.4, 0.5) is 0 Å². The van der Waals surface area contributed by atoms with Crippen molar-refractivity contribution in [1.82, 2.24) is 0 Å². The first-order valence-electron chi connectivity index (χ1n) is 7.04. The summed E-state index contributed by atoms with van der Waals surface area (Å²) >= 11 is 0. The summed E-state index contributed by atoms with van der Waals surface area (Å²) in [6.07, 6.45) is 13.6. The zero-order valence-electron chi connectivity index (χ0n) is 11.3. The van der Waals surface area contributed by atoms with Gasteiger partial charge in [0.25, 0.3) is 0 Å². The average molecular weight is 211 g/mol. The maximum atomic E-state index is 4.22. The molecule has 0 aliphatic heterocycles. The Morgan fingerprint density at radius 1 is 0.733 bits per heavy atom. The van der Waals surface area contributed by atoms with Gasteiger partial charge in [-0.25, -0.2) is 0 Å². The van der Waals surface area contributed by atoms with Gasteiger partial charge in [-0.3, -0.25) is 0 Å². The number of unbranched alkanes of at least 4 members (excludes halogenated alkanes) is 3. The van der Waals surface area contributed by atoms with Crippen LogP contribution in [0.2, 0.25) is 0 Å². The minimum absolute atomic E-state index is 0.585. The van der Waals surface area contributed by atoms with Crippen molar-refractivity contribution in [2.75, 3.05) is 0 Å². The van der Waals surface area contributed by atoms with E-state index in [0.717, 1.165) is 6.42 Å². The molecule has 0 amide bonds. The largest absolute Gasteiger partial charge is 0.0654 e. The first kappa shape index (κ1) is 15.0. The summed E-state index contributed by atoms with van der Waals surface area (Å²) in [7, 11) is 0. The third-order valence-electron chi connectivity index (χ3n) is 3.71. The predicted molar refractivity (Wildman–Crippen MR) is 71.0 cm³/mol. The summed E-state index contributed by atoms with van der Waals surface area (Å²) in [5.74, 6) is 0. The van der Waals surface area contributed by atoms with Crippen molar-refractivity contribution >= 4 is 0 Å². The van der Waals surface area contributed by atoms with E-state index in [0.29, 0.717) is 5.41 Å². The Bertz CT molecular complexity index is 104. The van der Waals surface area contributed by atoms with Crippen molar-refractivity contribution in [2.24, 2.45) is 5.41 Å². The molecule has 0 nitrogen and oxygen atoms in total. The summed E-state index contributed by atoms with van der Waals surface area (Å²) in [6, 6.07) is 0. The Kier molecular flexibility index (Phi) is 9.24. The van der Waals surface area contributed by atoms with Gasteiger partial charge in [0.05, 0.1) is 0 Å². The molecule has 0 saturated heterocycles. The predicted octanol–water partition coefficient (Wildman–Crippen LogP) is 5.77. The van der Waals surface area contributed by atoms with Crippen LogP contribution in [0.3, 0.4) is 0 Å². The second kappa shape index (κ2) is 9.24. The number of hydrogen-bond acceptors (Lipinski definition) is 0. The summed E-state index contributed by atoms with van der Waals surface area (Å²) in [6.45, 7) is 11.1. The summed E-state index contributed by atoms with van der Waals surface area (Å²) in [5.41, 5.74) is 0.585. The second-order valence-electron chi connectivity index (χ2n) is 5.06. The molecule has 0 fully saturated rings. The van der Waals surface area contributed by atoms with Crippen molar-refractivity contribution in [3.05, 3.63) is 6.92 Å². The van der Waals surface area contributed by atoms with Gasteiger partial charge in [0.1, 0.15) is 0 Å². The molecular formula is C15H31. The highest BCUT2D eigenvalue weighted by atomic mass is 14.3. The maximum Gasteiger partial charge on any atom is -0.0297 e. The van der Waals surface area contributed by atoms with Crippen molar-refractivity contribution in [3.8, 4) is 0 Å². The Labute approximate surface area is 97.8 Å². The van der Waals surface area contributed by atoms with Gasteiger partial charge >= 0.3 is 0 Å². The van der Waals surface area contributed by atoms with Crippen LogP contribution in [0.25, 0.3) is 0 Å². The highest BCUT2D eigenvalue weighted by Crippen LogP contribution is 2.39. The Morgan fingerprint density at radius 3 is 1.27 bits per heavy atom. The van der Waals surface area contributed by atoms with Gasteiger partial charge in [-0.15, -0.1) is 0 Å². The van der Waals surface area contributed by atoms with Crippen molar-refractivity contribution in [3.63, 3.8) is 0 Å². The monoisotopic (exact) mass is 211 g/mol. The SMILES string of the molecule is [CH2]CC(CCCC)(CCCC)CCCC. The molecule has 0 aromatic rings. The zero-order chi connectivity index (χ0) is 11.6. The molecule has 0 heteroatoms. The summed E-state index contributed by atoms with van der Waals surface area (Å²) in [5, 5.41) is 0. The van der Waals surface area contributed by atoms with Crippen molar-refractivity contribution < 1.29 is 0 Å². The van der Waals surface area contributed by atoms with Gasteiger partial charge in [0.15, 0.2) is 0 Å². The molecule has 0 spiro atoms. The minimum Gasteiger partial charge on any atom is -0.0654 e. The van der Waals surface area contributed by atoms with Crippen LogP contribution in [0.1, 0.15) is 85.0 Å². The lowest BCUT2D eigenvalue weighted by Gasteiger charge is -2.33. The van der Waals surface area contributed by atoms with E-state index in [2.05, 4.69) is 27.7 Å². The quantitative estimate of drug-likeness (QED) is 0.430. The first-order valence-corrected chi connectivity index (χ1v) is 7.04. The lowest BCUT2D eigenvalue weighted by atomic mass is 9.72. The molecule has 0 heterocycles. The fourth-order valence-electron chi connectivity index (χ4n) is 2.41. The van der Waals surface area contributed by atoms with Gasteiger partial charge in [0, 0.05) is 0 Å². The second-order valence-corrected chi connectivity index (χ2v) is 5.06. The number of hydrogen-bond donors (Lipinski definition) is 0. The van der Waals surface area contributed by atoms with Gasteiger partial charge < -0.3 is 0 Å². The molecule has 0 aliphatic rings. The van der Waals surface area contributed by atoms with Crippen LogP contribution in [-0.2, 0) is 0 Å². The normalized spacial score (nSPS) is 12.0. The Morgan fingerprint density at radius 2 is 1.07 bits per heavy atom. The van der Waals surface area contributed by atoms with Crippen LogP contribution in [-0.4, -0.2) is 0 Å². The zero-order valence-corrected chi connectivity index (χ0v) is 11.3. The molecule has 0 unspecified atom stereocenters. The van der Waals surface area contributed by atoms with Crippen LogP contribution in [0.15, 0.2) is 0 Å². The molecule has 15 heavy (non-hydrogen) atoms. The van der Waals surface area contributed by atoms with E-state index in [4.69, 9.17) is 0 Å². The van der Waals surface area contributed by atoms with E-state index in [9.17, 15) is 0 Å². The molecule has 0 aromatic carbocycles. The third kappa shape index (κ3) is 6.22. The van der Waals surface area contributed by atoms with Crippen molar-refractivity contribution in [2.45, 2.75) is 85.0 Å². The molecule has 1 radical (unpaired) electrons. The third-order valence-corrected chi connectivity index (χ3v) is 3.71. The van der Waals surface area contributed by atoms with E-state index in [1.807, 2.05) is 0 Å². The maximum absolute atomic E-state index is 4.22. The lowest BCUT2D eigenvalue weighted by Crippen LogP contribution is -2.20. The van der Waals surface area contributed by atoms with Crippen LogP contribution in [0, 0.1) is 12.3 Å². The van der Waals surface area contributed by atoms with Crippen LogP contribution in [0.5, 0.6) is 0 Å². The fraction of sp³-hybridized carbons (Fsp3) is 0.933. The molecule has 0 N–H and O–H groups in total. The average Bonchev–Trinajstić information content (AvgIpc) is 2.29. The molecule has 0 saturated carbocycles. The molecule has 91 valence electrons. The molecular weight excluding hydrogens is 180 g/mol. The Balaban J connectivity index is 4.16. The standard InChI is InChI=1S/C15H31/c1-5-9-12-15(8-4,13-10-6-2)14-11-7-3/h4-14H2,1-3H3. The van der Waals surface area contributed by atoms with E-state index >= 15 is 0 Å². The highest BCUT2D eigenvalue weighted by Gasteiger charge is 2.25. The molecule has 0 atom stereocenters. The highest BCUT2D eigenvalue weighted by molar-refractivity contribution is 4.80. The van der Waals surface area contributed by atoms with Crippen LogP contribution < -0.4 is 0 Å². The number of rotatable bonds is 10. The van der Waals surface area contributed by atoms with Crippen molar-refractivity contribution in [1.29, 1.82) is 0 Å². The molecule has 0 bridgehead atoms. The van der Waals surface area contributed by atoms with Crippen LogP contribution >= 0.6 is 0 Å². The fourth-order valence-corrected chi connectivity index (χ4v) is 2.41. The molecule has 0 rings (SSSR count). The van der Waals surface area contributed by atoms with E-state index in [1.165, 1.54) is 57.8 Å². The van der Waals surface area contributed by atoms with E-state index in [1.54, 1.807) is 0 Å². The minimum atomic E-state index is 0.585. The smallest absolute Gasteiger partial charge is 0.0297 e. The first-order chi connectivity index (χ1) is 7.24. The van der Waals surface area contributed by atoms with E-state index < -0.39 is 0 Å². The van der Waals surface area contributed by atoms with Gasteiger partial charge in [-0.1, -0.05) is 66.2 Å². The molecule has 0 aromatic heterocycles.